The van der Waals surface area contributed by atoms with Crippen molar-refractivity contribution in [3.63, 3.8) is 0 Å². The van der Waals surface area contributed by atoms with Gasteiger partial charge in [0, 0.05) is 5.39 Å². The lowest BCUT2D eigenvalue weighted by Crippen LogP contribution is -1.87. The van der Waals surface area contributed by atoms with Crippen LogP contribution in [-0.4, -0.2) is 0 Å². The molecule has 0 atom stereocenters. The Balaban J connectivity index is 2.12. The summed E-state index contributed by atoms with van der Waals surface area (Å²) in [5.74, 6) is -1.61. The molecule has 0 aliphatic carbocycles. The lowest BCUT2D eigenvalue weighted by molar-refractivity contribution is 0.517. The van der Waals surface area contributed by atoms with Crippen LogP contribution in [0.15, 0.2) is 61.2 Å². The number of hydrogen-bond acceptors (Lipinski definition) is 0. The fourth-order valence-electron chi connectivity index (χ4n) is 2.26. The Bertz CT molecular complexity index is 786. The van der Waals surface area contributed by atoms with E-state index in [1.165, 1.54) is 0 Å². The minimum Gasteiger partial charge on any atom is -0.204 e. The van der Waals surface area contributed by atoms with Gasteiger partial charge in [-0.3, -0.25) is 0 Å². The molecule has 0 saturated heterocycles. The average Bonchev–Trinajstić information content (AvgIpc) is 2.51. The second kappa shape index (κ2) is 4.89. The van der Waals surface area contributed by atoms with Gasteiger partial charge < -0.3 is 0 Å². The molecule has 0 saturated carbocycles. The maximum Gasteiger partial charge on any atom is 0.166 e. The van der Waals surface area contributed by atoms with Gasteiger partial charge in [0.2, 0.25) is 0 Å². The van der Waals surface area contributed by atoms with Crippen molar-refractivity contribution in [1.29, 1.82) is 0 Å². The quantitative estimate of drug-likeness (QED) is 0.580. The number of halogens is 2. The van der Waals surface area contributed by atoms with Gasteiger partial charge in [0.15, 0.2) is 11.6 Å². The van der Waals surface area contributed by atoms with E-state index in [1.54, 1.807) is 24.3 Å². The predicted molar refractivity (Wildman–Crippen MR) is 79.4 cm³/mol. The zero-order valence-electron chi connectivity index (χ0n) is 10.7. The fraction of sp³-hybridized carbons (Fsp3) is 0. The minimum absolute atomic E-state index is 0.302. The number of benzene rings is 3. The molecule has 2 heteroatoms. The second-order valence-electron chi connectivity index (χ2n) is 4.62. The van der Waals surface area contributed by atoms with E-state index in [0.29, 0.717) is 10.8 Å². The highest BCUT2D eigenvalue weighted by Crippen LogP contribution is 2.27. The molecule has 0 heterocycles. The Morgan fingerprint density at radius 3 is 2.20 bits per heavy atom. The maximum atomic E-state index is 13.6. The molecule has 0 bridgehead atoms. The summed E-state index contributed by atoms with van der Waals surface area (Å²) >= 11 is 0. The van der Waals surface area contributed by atoms with Crippen molar-refractivity contribution < 1.29 is 8.78 Å². The molecule has 0 radical (unpaired) electrons. The first-order valence-electron chi connectivity index (χ1n) is 6.29. The minimum atomic E-state index is -0.819. The predicted octanol–water partition coefficient (Wildman–Crippen LogP) is 5.43. The summed E-state index contributed by atoms with van der Waals surface area (Å²) in [6.45, 7) is 3.72. The van der Waals surface area contributed by atoms with Crippen LogP contribution in [0.5, 0.6) is 0 Å². The van der Waals surface area contributed by atoms with Gasteiger partial charge in [-0.15, -0.1) is 0 Å². The normalized spacial score (nSPS) is 10.7. The van der Waals surface area contributed by atoms with Crippen LogP contribution in [0.1, 0.15) is 5.56 Å². The van der Waals surface area contributed by atoms with Crippen LogP contribution in [-0.2, 0) is 0 Å². The van der Waals surface area contributed by atoms with Gasteiger partial charge in [-0.25, -0.2) is 8.78 Å². The maximum absolute atomic E-state index is 13.6. The molecule has 98 valence electrons. The van der Waals surface area contributed by atoms with Gasteiger partial charge in [-0.05, 0) is 34.2 Å². The first kappa shape index (κ1) is 12.5. The molecular formula is C18H12F2. The van der Waals surface area contributed by atoms with Crippen molar-refractivity contribution in [2.24, 2.45) is 0 Å². The van der Waals surface area contributed by atoms with Crippen molar-refractivity contribution in [2.45, 2.75) is 0 Å². The molecule has 0 aromatic heterocycles. The summed E-state index contributed by atoms with van der Waals surface area (Å²) in [5, 5.41) is 0.991. The highest BCUT2D eigenvalue weighted by atomic mass is 19.2. The Hall–Kier alpha value is -2.48. The number of hydrogen-bond donors (Lipinski definition) is 0. The molecule has 20 heavy (non-hydrogen) atoms. The molecule has 0 aliphatic rings. The SMILES string of the molecule is C=Cc1ccc(-c2ccc3c(F)c(F)ccc3c2)cc1. The van der Waals surface area contributed by atoms with E-state index < -0.39 is 11.6 Å². The average molecular weight is 266 g/mol. The summed E-state index contributed by atoms with van der Waals surface area (Å²) in [6, 6.07) is 15.9. The van der Waals surface area contributed by atoms with Gasteiger partial charge in [0.05, 0.1) is 0 Å². The van der Waals surface area contributed by atoms with Crippen molar-refractivity contribution in [3.05, 3.63) is 78.4 Å². The Morgan fingerprint density at radius 2 is 1.50 bits per heavy atom. The van der Waals surface area contributed by atoms with Crippen molar-refractivity contribution in [2.75, 3.05) is 0 Å². The first-order valence-corrected chi connectivity index (χ1v) is 6.29. The summed E-state index contributed by atoms with van der Waals surface area (Å²) < 4.78 is 26.8. The van der Waals surface area contributed by atoms with Crippen LogP contribution in [0.3, 0.4) is 0 Å². The van der Waals surface area contributed by atoms with Gasteiger partial charge in [-0.2, -0.15) is 0 Å². The Kier molecular flexibility index (Phi) is 3.07. The van der Waals surface area contributed by atoms with Crippen molar-refractivity contribution in [3.8, 4) is 11.1 Å². The lowest BCUT2D eigenvalue weighted by atomic mass is 10.00. The highest BCUT2D eigenvalue weighted by molar-refractivity contribution is 5.88. The van der Waals surface area contributed by atoms with Crippen molar-refractivity contribution >= 4 is 16.8 Å². The van der Waals surface area contributed by atoms with E-state index in [9.17, 15) is 8.78 Å². The van der Waals surface area contributed by atoms with Crippen LogP contribution < -0.4 is 0 Å². The molecule has 3 rings (SSSR count). The van der Waals surface area contributed by atoms with Crippen molar-refractivity contribution in [1.82, 2.24) is 0 Å². The Morgan fingerprint density at radius 1 is 0.800 bits per heavy atom. The van der Waals surface area contributed by atoms with E-state index in [0.717, 1.165) is 22.8 Å². The Labute approximate surface area is 116 Å². The zero-order chi connectivity index (χ0) is 14.1. The highest BCUT2D eigenvalue weighted by Gasteiger charge is 2.07. The van der Waals surface area contributed by atoms with Gasteiger partial charge in [-0.1, -0.05) is 55.1 Å². The number of fused-ring (bicyclic) bond motifs is 1. The van der Waals surface area contributed by atoms with Crippen LogP contribution in [0.4, 0.5) is 8.78 Å². The van der Waals surface area contributed by atoms with Gasteiger partial charge in [0.1, 0.15) is 0 Å². The third-order valence-corrected chi connectivity index (χ3v) is 3.39. The molecule has 3 aromatic carbocycles. The summed E-state index contributed by atoms with van der Waals surface area (Å²) in [5.41, 5.74) is 3.05. The molecule has 0 aliphatic heterocycles. The van der Waals surface area contributed by atoms with E-state index in [1.807, 2.05) is 30.3 Å². The first-order chi connectivity index (χ1) is 9.69. The van der Waals surface area contributed by atoms with E-state index in [2.05, 4.69) is 6.58 Å². The molecule has 0 fully saturated rings. The van der Waals surface area contributed by atoms with Crippen LogP contribution in [0.25, 0.3) is 28.0 Å². The molecule has 0 nitrogen and oxygen atoms in total. The third kappa shape index (κ3) is 2.10. The molecule has 0 amide bonds. The van der Waals surface area contributed by atoms with Crippen LogP contribution in [0.2, 0.25) is 0 Å². The standard InChI is InChI=1S/C18H12F2/c1-2-12-3-5-13(6-4-12)14-7-9-16-15(11-14)8-10-17(19)18(16)20/h2-11H,1H2. The fourth-order valence-corrected chi connectivity index (χ4v) is 2.26. The van der Waals surface area contributed by atoms with Crippen LogP contribution >= 0.6 is 0 Å². The largest absolute Gasteiger partial charge is 0.204 e. The summed E-state index contributed by atoms with van der Waals surface area (Å²) in [4.78, 5) is 0. The summed E-state index contributed by atoms with van der Waals surface area (Å²) in [7, 11) is 0. The molecular weight excluding hydrogens is 254 g/mol. The lowest BCUT2D eigenvalue weighted by Gasteiger charge is -2.06. The number of rotatable bonds is 2. The van der Waals surface area contributed by atoms with E-state index in [-0.39, 0.29) is 0 Å². The molecule has 3 aromatic rings. The smallest absolute Gasteiger partial charge is 0.166 e. The van der Waals surface area contributed by atoms with Crippen LogP contribution in [0, 0.1) is 11.6 Å². The third-order valence-electron chi connectivity index (χ3n) is 3.39. The van der Waals surface area contributed by atoms with Gasteiger partial charge in [0.25, 0.3) is 0 Å². The monoisotopic (exact) mass is 266 g/mol. The second-order valence-corrected chi connectivity index (χ2v) is 4.62. The van der Waals surface area contributed by atoms with Gasteiger partial charge >= 0.3 is 0 Å². The molecule has 0 unspecified atom stereocenters. The summed E-state index contributed by atoms with van der Waals surface area (Å²) in [6.07, 6.45) is 1.78. The zero-order valence-corrected chi connectivity index (χ0v) is 10.7. The molecule has 0 N–H and O–H groups in total. The van der Waals surface area contributed by atoms with E-state index in [4.69, 9.17) is 0 Å². The van der Waals surface area contributed by atoms with E-state index >= 15 is 0 Å². The topological polar surface area (TPSA) is 0 Å². The molecule has 0 spiro atoms.